The minimum Gasteiger partial charge on any atom is -0.371 e. The summed E-state index contributed by atoms with van der Waals surface area (Å²) < 4.78 is 21.7. The van der Waals surface area contributed by atoms with E-state index in [0.29, 0.717) is 32.9 Å². The van der Waals surface area contributed by atoms with Crippen LogP contribution in [-0.2, 0) is 28.5 Å². The summed E-state index contributed by atoms with van der Waals surface area (Å²) in [4.78, 5) is 58.1. The van der Waals surface area contributed by atoms with Gasteiger partial charge < -0.3 is 28.7 Å². The minimum absolute atomic E-state index is 0.0164. The lowest BCUT2D eigenvalue weighted by Crippen LogP contribution is -2.47. The first-order valence-electron chi connectivity index (χ1n) is 11.8. The van der Waals surface area contributed by atoms with Crippen molar-refractivity contribution >= 4 is 23.9 Å². The number of hydrogen-bond acceptors (Lipinski definition) is 8. The highest BCUT2D eigenvalue weighted by atomic mass is 16.6. The molecule has 0 saturated carbocycles. The fraction of sp³-hybridized carbons (Fsp3) is 0.818. The number of carbonyl (C=O) groups is 4. The van der Waals surface area contributed by atoms with Crippen LogP contribution in [0, 0.1) is 0 Å². The molecule has 5 rings (SSSR count). The standard InChI is InChI=1S/C22H32N4O8/c1-21(2)17(27)23(19(29)24(21)7-13-9-31-13)6-5-16(34-12-15-11-33-15)26-18(28)22(3,4)25(20(26)30)8-14-10-32-14/h13-16H,5-12H2,1-4H3. The number of amides is 6. The Morgan fingerprint density at radius 3 is 1.85 bits per heavy atom. The van der Waals surface area contributed by atoms with Gasteiger partial charge in [0.15, 0.2) is 0 Å². The topological polar surface area (TPSA) is 128 Å². The molecule has 0 aromatic heterocycles. The Kier molecular flexibility index (Phi) is 5.62. The number of ether oxygens (including phenoxy) is 4. The van der Waals surface area contributed by atoms with Crippen LogP contribution < -0.4 is 0 Å². The number of rotatable bonds is 11. The van der Waals surface area contributed by atoms with Crippen molar-refractivity contribution in [2.75, 3.05) is 46.1 Å². The molecule has 188 valence electrons. The van der Waals surface area contributed by atoms with Crippen molar-refractivity contribution in [1.82, 2.24) is 19.6 Å². The van der Waals surface area contributed by atoms with E-state index in [9.17, 15) is 19.2 Å². The molecule has 0 aliphatic carbocycles. The zero-order valence-corrected chi connectivity index (χ0v) is 20.0. The predicted octanol–water partition coefficient (Wildman–Crippen LogP) is 0.00120. The molecule has 4 atom stereocenters. The highest BCUT2D eigenvalue weighted by molar-refractivity contribution is 6.07. The first kappa shape index (κ1) is 23.5. The van der Waals surface area contributed by atoms with Gasteiger partial charge in [-0.25, -0.2) is 14.5 Å². The Labute approximate surface area is 198 Å². The van der Waals surface area contributed by atoms with Gasteiger partial charge in [-0.15, -0.1) is 0 Å². The second-order valence-electron chi connectivity index (χ2n) is 10.5. The highest BCUT2D eigenvalue weighted by Gasteiger charge is 2.56. The normalized spacial score (nSPS) is 32.2. The van der Waals surface area contributed by atoms with Crippen LogP contribution in [0.3, 0.4) is 0 Å². The number of urea groups is 2. The molecule has 5 aliphatic rings. The number of imide groups is 2. The summed E-state index contributed by atoms with van der Waals surface area (Å²) in [5.41, 5.74) is -2.05. The van der Waals surface area contributed by atoms with E-state index in [1.54, 1.807) is 27.7 Å². The molecule has 5 fully saturated rings. The smallest absolute Gasteiger partial charge is 0.329 e. The summed E-state index contributed by atoms with van der Waals surface area (Å²) >= 11 is 0. The summed E-state index contributed by atoms with van der Waals surface area (Å²) in [6, 6.07) is -0.860. The largest absolute Gasteiger partial charge is 0.371 e. The van der Waals surface area contributed by atoms with Crippen LogP contribution in [0.2, 0.25) is 0 Å². The lowest BCUT2D eigenvalue weighted by Gasteiger charge is -2.27. The molecule has 0 aromatic carbocycles. The number of nitrogens with zero attached hydrogens (tertiary/aromatic N) is 4. The third-order valence-electron chi connectivity index (χ3n) is 7.10. The quantitative estimate of drug-likeness (QED) is 0.299. The molecule has 0 spiro atoms. The molecule has 5 aliphatic heterocycles. The van der Waals surface area contributed by atoms with Gasteiger partial charge in [0, 0.05) is 13.0 Å². The number of hydrogen-bond donors (Lipinski definition) is 0. The van der Waals surface area contributed by atoms with E-state index < -0.39 is 29.4 Å². The van der Waals surface area contributed by atoms with Gasteiger partial charge in [0.05, 0.1) is 51.7 Å². The van der Waals surface area contributed by atoms with Gasteiger partial charge in [0.25, 0.3) is 11.8 Å². The van der Waals surface area contributed by atoms with Gasteiger partial charge in [0.1, 0.15) is 23.4 Å². The van der Waals surface area contributed by atoms with E-state index >= 15 is 0 Å². The fourth-order valence-electron chi connectivity index (χ4n) is 4.51. The van der Waals surface area contributed by atoms with Crippen molar-refractivity contribution in [1.29, 1.82) is 0 Å². The van der Waals surface area contributed by atoms with Crippen LogP contribution in [0.1, 0.15) is 34.1 Å². The minimum atomic E-state index is -1.05. The third-order valence-corrected chi connectivity index (χ3v) is 7.10. The van der Waals surface area contributed by atoms with Crippen molar-refractivity contribution in [2.45, 2.75) is 69.7 Å². The monoisotopic (exact) mass is 480 g/mol. The van der Waals surface area contributed by atoms with Crippen molar-refractivity contribution in [2.24, 2.45) is 0 Å². The average Bonchev–Trinajstić information content (AvgIpc) is 3.63. The Bertz CT molecular complexity index is 895. The summed E-state index contributed by atoms with van der Waals surface area (Å²) in [7, 11) is 0. The Morgan fingerprint density at radius 2 is 1.32 bits per heavy atom. The zero-order chi connectivity index (χ0) is 24.4. The van der Waals surface area contributed by atoms with E-state index in [-0.39, 0.29) is 49.7 Å². The first-order chi connectivity index (χ1) is 16.0. The second-order valence-corrected chi connectivity index (χ2v) is 10.5. The van der Waals surface area contributed by atoms with Gasteiger partial charge >= 0.3 is 12.1 Å². The molecule has 4 unspecified atom stereocenters. The molecule has 6 amide bonds. The van der Waals surface area contributed by atoms with Gasteiger partial charge in [-0.1, -0.05) is 0 Å². The summed E-state index contributed by atoms with van der Waals surface area (Å²) in [6.45, 7) is 9.41. The number of epoxide rings is 3. The molecule has 5 saturated heterocycles. The van der Waals surface area contributed by atoms with Crippen molar-refractivity contribution in [3.63, 3.8) is 0 Å². The Morgan fingerprint density at radius 1 is 0.824 bits per heavy atom. The number of carbonyl (C=O) groups excluding carboxylic acids is 4. The van der Waals surface area contributed by atoms with Crippen molar-refractivity contribution < 1.29 is 38.1 Å². The Balaban J connectivity index is 1.31. The van der Waals surface area contributed by atoms with Crippen LogP contribution in [0.5, 0.6) is 0 Å². The lowest BCUT2D eigenvalue weighted by atomic mass is 10.0. The average molecular weight is 481 g/mol. The highest BCUT2D eigenvalue weighted by Crippen LogP contribution is 2.34. The predicted molar refractivity (Wildman–Crippen MR) is 114 cm³/mol. The van der Waals surface area contributed by atoms with Crippen molar-refractivity contribution in [3.05, 3.63) is 0 Å². The molecule has 34 heavy (non-hydrogen) atoms. The molecule has 12 heteroatoms. The van der Waals surface area contributed by atoms with Crippen molar-refractivity contribution in [3.8, 4) is 0 Å². The van der Waals surface area contributed by atoms with E-state index in [2.05, 4.69) is 0 Å². The van der Waals surface area contributed by atoms with Crippen LogP contribution in [0.4, 0.5) is 9.59 Å². The van der Waals surface area contributed by atoms with Crippen LogP contribution in [-0.4, -0.2) is 125 Å². The summed E-state index contributed by atoms with van der Waals surface area (Å²) in [5.74, 6) is -0.707. The van der Waals surface area contributed by atoms with E-state index in [1.165, 1.54) is 14.7 Å². The maximum atomic E-state index is 13.3. The first-order valence-corrected chi connectivity index (χ1v) is 11.8. The van der Waals surface area contributed by atoms with Crippen LogP contribution in [0.15, 0.2) is 0 Å². The molecule has 12 nitrogen and oxygen atoms in total. The molecule has 0 aromatic rings. The summed E-state index contributed by atoms with van der Waals surface area (Å²) in [6.07, 6.45) is -1.02. The van der Waals surface area contributed by atoms with Gasteiger partial charge in [-0.2, -0.15) is 0 Å². The summed E-state index contributed by atoms with van der Waals surface area (Å²) in [5, 5.41) is 0. The van der Waals surface area contributed by atoms with E-state index in [1.807, 2.05) is 0 Å². The zero-order valence-electron chi connectivity index (χ0n) is 20.0. The maximum absolute atomic E-state index is 13.3. The third kappa shape index (κ3) is 4.16. The van der Waals surface area contributed by atoms with Crippen LogP contribution in [0.25, 0.3) is 0 Å². The molecule has 5 heterocycles. The van der Waals surface area contributed by atoms with Crippen LogP contribution >= 0.6 is 0 Å². The fourth-order valence-corrected chi connectivity index (χ4v) is 4.51. The molecule has 0 bridgehead atoms. The molecular weight excluding hydrogens is 448 g/mol. The molecule has 0 N–H and O–H groups in total. The van der Waals surface area contributed by atoms with E-state index in [0.717, 1.165) is 4.90 Å². The van der Waals surface area contributed by atoms with Gasteiger partial charge in [-0.05, 0) is 27.7 Å². The second kappa shape index (κ2) is 8.14. The molecular formula is C22H32N4O8. The lowest BCUT2D eigenvalue weighted by molar-refractivity contribution is -0.142. The maximum Gasteiger partial charge on any atom is 0.329 e. The SMILES string of the molecule is CC1(C)C(=O)N(CCC(OCC2CO2)N2C(=O)N(CC3CO3)C(C)(C)C2=O)C(=O)N1CC1CO1. The Hall–Kier alpha value is -2.28. The van der Waals surface area contributed by atoms with Gasteiger partial charge in [-0.3, -0.25) is 14.5 Å². The van der Waals surface area contributed by atoms with Gasteiger partial charge in [0.2, 0.25) is 0 Å². The van der Waals surface area contributed by atoms with E-state index in [4.69, 9.17) is 18.9 Å². The molecule has 0 radical (unpaired) electrons.